The number of benzene rings is 2. The number of aliphatic carboxylic acids is 1. The molecule has 2 N–H and O–H groups in total. The van der Waals surface area contributed by atoms with Gasteiger partial charge < -0.3 is 19.9 Å². The number of ether oxygens (including phenoxy) is 2. The van der Waals surface area contributed by atoms with Crippen molar-refractivity contribution in [3.8, 4) is 11.5 Å². The first-order chi connectivity index (χ1) is 11.5. The monoisotopic (exact) mass is 389 g/mol. The van der Waals surface area contributed by atoms with E-state index in [1.807, 2.05) is 0 Å². The minimum Gasteiger partial charge on any atom is -0.477 e. The van der Waals surface area contributed by atoms with Crippen LogP contribution in [0.3, 0.4) is 0 Å². The first kappa shape index (κ1) is 16.1. The van der Waals surface area contributed by atoms with Crippen LogP contribution >= 0.6 is 15.9 Å². The van der Waals surface area contributed by atoms with Gasteiger partial charge in [-0.3, -0.25) is 4.79 Å². The molecule has 0 unspecified atom stereocenters. The number of hydrogen-bond acceptors (Lipinski definition) is 4. The van der Waals surface area contributed by atoms with Gasteiger partial charge in [0.25, 0.3) is 5.91 Å². The molecule has 6 nitrogen and oxygen atoms in total. The van der Waals surface area contributed by atoms with Gasteiger partial charge in [0.05, 0.1) is 0 Å². The lowest BCUT2D eigenvalue weighted by atomic mass is 10.1. The van der Waals surface area contributed by atoms with Gasteiger partial charge in [0.15, 0.2) is 11.5 Å². The van der Waals surface area contributed by atoms with Crippen molar-refractivity contribution in [3.63, 3.8) is 0 Å². The number of carboxylic acid groups (broad SMARTS) is 1. The van der Waals surface area contributed by atoms with Crippen LogP contribution in [0.5, 0.6) is 11.5 Å². The van der Waals surface area contributed by atoms with E-state index in [0.717, 1.165) is 4.47 Å². The molecule has 0 fully saturated rings. The summed E-state index contributed by atoms with van der Waals surface area (Å²) in [5.74, 6) is -0.606. The van der Waals surface area contributed by atoms with E-state index in [1.54, 1.807) is 42.5 Å². The van der Waals surface area contributed by atoms with E-state index in [9.17, 15) is 14.7 Å². The van der Waals surface area contributed by atoms with Gasteiger partial charge in [0.2, 0.25) is 6.79 Å². The summed E-state index contributed by atoms with van der Waals surface area (Å²) in [6, 6.07) is 11.6. The highest BCUT2D eigenvalue weighted by molar-refractivity contribution is 9.10. The molecule has 0 bridgehead atoms. The number of rotatable bonds is 4. The molecule has 2 aromatic rings. The topological polar surface area (TPSA) is 84.9 Å². The Morgan fingerprint density at radius 3 is 2.50 bits per heavy atom. The van der Waals surface area contributed by atoms with Crippen LogP contribution in [0.25, 0.3) is 6.08 Å². The lowest BCUT2D eigenvalue weighted by Gasteiger charge is -2.07. The molecule has 24 heavy (non-hydrogen) atoms. The van der Waals surface area contributed by atoms with Crippen LogP contribution in [0.4, 0.5) is 0 Å². The molecule has 1 heterocycles. The lowest BCUT2D eigenvalue weighted by molar-refractivity contribution is -0.132. The number of fused-ring (bicyclic) bond motifs is 1. The summed E-state index contributed by atoms with van der Waals surface area (Å²) >= 11 is 3.28. The second-order valence-corrected chi connectivity index (χ2v) is 5.85. The van der Waals surface area contributed by atoms with Gasteiger partial charge in [0, 0.05) is 10.0 Å². The Hall–Kier alpha value is -2.80. The molecule has 0 aliphatic carbocycles. The quantitative estimate of drug-likeness (QED) is 0.785. The van der Waals surface area contributed by atoms with Crippen molar-refractivity contribution in [2.24, 2.45) is 0 Å². The fraction of sp³-hybridized carbons (Fsp3) is 0.0588. The molecule has 122 valence electrons. The third-order valence-electron chi connectivity index (χ3n) is 3.29. The summed E-state index contributed by atoms with van der Waals surface area (Å²) in [6.45, 7) is 0.134. The molecule has 2 aromatic carbocycles. The fourth-order valence-electron chi connectivity index (χ4n) is 2.12. The fourth-order valence-corrected chi connectivity index (χ4v) is 2.38. The molecule has 0 saturated heterocycles. The van der Waals surface area contributed by atoms with E-state index < -0.39 is 11.9 Å². The lowest BCUT2D eigenvalue weighted by Crippen LogP contribution is -2.27. The molecule has 1 aliphatic heterocycles. The summed E-state index contributed by atoms with van der Waals surface area (Å²) in [7, 11) is 0. The van der Waals surface area contributed by atoms with Crippen molar-refractivity contribution in [1.29, 1.82) is 0 Å². The highest BCUT2D eigenvalue weighted by atomic mass is 79.9. The van der Waals surface area contributed by atoms with Gasteiger partial charge in [0.1, 0.15) is 5.70 Å². The number of carbonyl (C=O) groups is 2. The predicted molar refractivity (Wildman–Crippen MR) is 89.8 cm³/mol. The van der Waals surface area contributed by atoms with Crippen molar-refractivity contribution in [2.75, 3.05) is 6.79 Å². The van der Waals surface area contributed by atoms with Crippen molar-refractivity contribution in [3.05, 3.63) is 63.8 Å². The summed E-state index contributed by atoms with van der Waals surface area (Å²) in [6.07, 6.45) is 1.36. The molecule has 1 amide bonds. The van der Waals surface area contributed by atoms with Crippen LogP contribution in [0.1, 0.15) is 15.9 Å². The van der Waals surface area contributed by atoms with E-state index in [0.29, 0.717) is 22.6 Å². The minimum atomic E-state index is -1.24. The zero-order valence-electron chi connectivity index (χ0n) is 12.3. The van der Waals surface area contributed by atoms with E-state index in [2.05, 4.69) is 21.2 Å². The predicted octanol–water partition coefficient (Wildman–Crippen LogP) is 3.03. The van der Waals surface area contributed by atoms with Crippen LogP contribution in [-0.4, -0.2) is 23.8 Å². The molecule has 0 saturated carbocycles. The molecule has 0 radical (unpaired) electrons. The Morgan fingerprint density at radius 1 is 1.08 bits per heavy atom. The summed E-state index contributed by atoms with van der Waals surface area (Å²) in [5.41, 5.74) is 0.700. The number of nitrogens with one attached hydrogen (secondary N) is 1. The van der Waals surface area contributed by atoms with Gasteiger partial charge >= 0.3 is 5.97 Å². The zero-order chi connectivity index (χ0) is 17.1. The molecule has 7 heteroatoms. The number of hydrogen-bond donors (Lipinski definition) is 2. The number of amides is 1. The number of halogens is 1. The van der Waals surface area contributed by atoms with Crippen LogP contribution < -0.4 is 14.8 Å². The van der Waals surface area contributed by atoms with Gasteiger partial charge in [-0.15, -0.1) is 0 Å². The van der Waals surface area contributed by atoms with E-state index in [1.165, 1.54) is 6.08 Å². The van der Waals surface area contributed by atoms with Crippen molar-refractivity contribution in [1.82, 2.24) is 5.32 Å². The SMILES string of the molecule is O=C(O)C(=Cc1ccc2c(c1)OCO2)NC(=O)c1ccc(Br)cc1. The van der Waals surface area contributed by atoms with E-state index >= 15 is 0 Å². The Kier molecular flexibility index (Phi) is 4.52. The Bertz CT molecular complexity index is 829. The Morgan fingerprint density at radius 2 is 1.79 bits per heavy atom. The van der Waals surface area contributed by atoms with Crippen LogP contribution in [0, 0.1) is 0 Å². The summed E-state index contributed by atoms with van der Waals surface area (Å²) < 4.78 is 11.3. The molecular formula is C17H12BrNO5. The van der Waals surface area contributed by atoms with Crippen LogP contribution in [0.15, 0.2) is 52.6 Å². The van der Waals surface area contributed by atoms with E-state index in [4.69, 9.17) is 9.47 Å². The van der Waals surface area contributed by atoms with Crippen molar-refractivity contribution < 1.29 is 24.2 Å². The molecular weight excluding hydrogens is 378 g/mol. The third-order valence-corrected chi connectivity index (χ3v) is 3.82. The molecule has 3 rings (SSSR count). The summed E-state index contributed by atoms with van der Waals surface area (Å²) in [4.78, 5) is 23.6. The average Bonchev–Trinajstić information content (AvgIpc) is 3.02. The van der Waals surface area contributed by atoms with E-state index in [-0.39, 0.29) is 12.5 Å². The van der Waals surface area contributed by atoms with Crippen LogP contribution in [0.2, 0.25) is 0 Å². The second-order valence-electron chi connectivity index (χ2n) is 4.94. The molecule has 0 aromatic heterocycles. The zero-order valence-corrected chi connectivity index (χ0v) is 13.9. The smallest absolute Gasteiger partial charge is 0.352 e. The van der Waals surface area contributed by atoms with Gasteiger partial charge in [-0.25, -0.2) is 4.79 Å². The molecule has 1 aliphatic rings. The maximum absolute atomic E-state index is 12.2. The van der Waals surface area contributed by atoms with Crippen molar-refractivity contribution >= 4 is 33.9 Å². The highest BCUT2D eigenvalue weighted by Gasteiger charge is 2.16. The minimum absolute atomic E-state index is 0.134. The normalized spacial score (nSPS) is 12.8. The number of carbonyl (C=O) groups excluding carboxylic acids is 1. The maximum atomic E-state index is 12.2. The molecule has 0 spiro atoms. The van der Waals surface area contributed by atoms with Crippen molar-refractivity contribution in [2.45, 2.75) is 0 Å². The number of carboxylic acids is 1. The first-order valence-electron chi connectivity index (χ1n) is 6.94. The van der Waals surface area contributed by atoms with Crippen LogP contribution in [-0.2, 0) is 4.79 Å². The second kappa shape index (κ2) is 6.76. The van der Waals surface area contributed by atoms with Gasteiger partial charge in [-0.1, -0.05) is 22.0 Å². The summed E-state index contributed by atoms with van der Waals surface area (Å²) in [5, 5.41) is 11.7. The van der Waals surface area contributed by atoms with Gasteiger partial charge in [-0.05, 0) is 48.0 Å². The standard InChI is InChI=1S/C17H12BrNO5/c18-12-4-2-11(3-5-12)16(20)19-13(17(21)22)7-10-1-6-14-15(8-10)24-9-23-14/h1-8H,9H2,(H,19,20)(H,21,22). The maximum Gasteiger partial charge on any atom is 0.352 e. The largest absolute Gasteiger partial charge is 0.477 e. The third kappa shape index (κ3) is 3.57. The molecule has 0 atom stereocenters. The average molecular weight is 390 g/mol. The first-order valence-corrected chi connectivity index (χ1v) is 7.74. The van der Waals surface area contributed by atoms with Gasteiger partial charge in [-0.2, -0.15) is 0 Å². The highest BCUT2D eigenvalue weighted by Crippen LogP contribution is 2.33. The Balaban J connectivity index is 1.83. The Labute approximate surface area is 145 Å².